The summed E-state index contributed by atoms with van der Waals surface area (Å²) in [5.41, 5.74) is 0.740. The summed E-state index contributed by atoms with van der Waals surface area (Å²) >= 11 is 5.67. The summed E-state index contributed by atoms with van der Waals surface area (Å²) < 4.78 is 38.8. The monoisotopic (exact) mass is 270 g/mol. The van der Waals surface area contributed by atoms with Crippen molar-refractivity contribution in [3.8, 4) is 11.1 Å². The van der Waals surface area contributed by atoms with Gasteiger partial charge in [-0.1, -0.05) is 36.4 Å². The van der Waals surface area contributed by atoms with Gasteiger partial charge in [0.15, 0.2) is 0 Å². The molecule has 0 saturated carbocycles. The third-order valence-corrected chi connectivity index (χ3v) is 2.94. The lowest BCUT2D eigenvalue weighted by Crippen LogP contribution is -2.07. The summed E-state index contributed by atoms with van der Waals surface area (Å²) in [6.45, 7) is 0. The van der Waals surface area contributed by atoms with Crippen molar-refractivity contribution in [2.45, 2.75) is 12.1 Å². The fourth-order valence-electron chi connectivity index (χ4n) is 1.78. The third-order valence-electron chi connectivity index (χ3n) is 2.63. The average molecular weight is 271 g/mol. The van der Waals surface area contributed by atoms with E-state index >= 15 is 0 Å². The van der Waals surface area contributed by atoms with E-state index in [2.05, 4.69) is 0 Å². The maximum absolute atomic E-state index is 12.9. The van der Waals surface area contributed by atoms with Gasteiger partial charge in [0, 0.05) is 5.88 Å². The maximum Gasteiger partial charge on any atom is 0.417 e. The molecule has 18 heavy (non-hydrogen) atoms. The molecule has 0 fully saturated rings. The molecule has 0 aliphatic carbocycles. The third kappa shape index (κ3) is 2.67. The van der Waals surface area contributed by atoms with E-state index in [1.807, 2.05) is 0 Å². The van der Waals surface area contributed by atoms with Crippen LogP contribution in [0.3, 0.4) is 0 Å². The molecule has 0 bridgehead atoms. The Labute approximate surface area is 108 Å². The largest absolute Gasteiger partial charge is 0.417 e. The van der Waals surface area contributed by atoms with Crippen LogP contribution in [0.2, 0.25) is 0 Å². The van der Waals surface area contributed by atoms with Crippen molar-refractivity contribution >= 4 is 11.6 Å². The van der Waals surface area contributed by atoms with Crippen LogP contribution in [0.4, 0.5) is 13.2 Å². The second-order valence-electron chi connectivity index (χ2n) is 3.88. The molecule has 4 heteroatoms. The van der Waals surface area contributed by atoms with Crippen molar-refractivity contribution in [3.63, 3.8) is 0 Å². The number of hydrogen-bond acceptors (Lipinski definition) is 0. The minimum absolute atomic E-state index is 0.168. The maximum atomic E-state index is 12.9. The topological polar surface area (TPSA) is 0 Å². The fraction of sp³-hybridized carbons (Fsp3) is 0.143. The minimum atomic E-state index is -4.37. The summed E-state index contributed by atoms with van der Waals surface area (Å²) in [5.74, 6) is 0.192. The molecule has 0 unspecified atom stereocenters. The molecule has 2 aromatic carbocycles. The smallest absolute Gasteiger partial charge is 0.166 e. The van der Waals surface area contributed by atoms with Crippen molar-refractivity contribution in [1.29, 1.82) is 0 Å². The molecular weight excluding hydrogens is 261 g/mol. The first kappa shape index (κ1) is 13.0. The Morgan fingerprint density at radius 2 is 1.61 bits per heavy atom. The predicted molar refractivity (Wildman–Crippen MR) is 66.4 cm³/mol. The summed E-state index contributed by atoms with van der Waals surface area (Å²) in [4.78, 5) is 0. The molecule has 0 heterocycles. The number of rotatable bonds is 2. The molecular formula is C14H10ClF3. The van der Waals surface area contributed by atoms with Gasteiger partial charge in [0.25, 0.3) is 0 Å². The molecule has 0 aliphatic heterocycles. The lowest BCUT2D eigenvalue weighted by molar-refractivity contribution is -0.137. The molecule has 0 atom stereocenters. The average Bonchev–Trinajstić information content (AvgIpc) is 2.38. The van der Waals surface area contributed by atoms with Gasteiger partial charge in [-0.3, -0.25) is 0 Å². The van der Waals surface area contributed by atoms with Crippen molar-refractivity contribution in [3.05, 3.63) is 59.7 Å². The molecule has 2 aromatic rings. The van der Waals surface area contributed by atoms with Gasteiger partial charge in [-0.2, -0.15) is 13.2 Å². The summed E-state index contributed by atoms with van der Waals surface area (Å²) in [5, 5.41) is 0. The van der Waals surface area contributed by atoms with E-state index in [0.717, 1.165) is 6.07 Å². The van der Waals surface area contributed by atoms with Crippen molar-refractivity contribution in [2.24, 2.45) is 0 Å². The Bertz CT molecular complexity index is 532. The number of hydrogen-bond donors (Lipinski definition) is 0. The molecule has 0 aromatic heterocycles. The number of benzene rings is 2. The molecule has 0 radical (unpaired) electrons. The normalized spacial score (nSPS) is 11.6. The van der Waals surface area contributed by atoms with Gasteiger partial charge in [0.2, 0.25) is 0 Å². The van der Waals surface area contributed by atoms with Gasteiger partial charge in [-0.05, 0) is 28.8 Å². The van der Waals surface area contributed by atoms with Gasteiger partial charge >= 0.3 is 6.18 Å². The van der Waals surface area contributed by atoms with E-state index in [1.54, 1.807) is 30.3 Å². The lowest BCUT2D eigenvalue weighted by Gasteiger charge is -2.14. The van der Waals surface area contributed by atoms with Crippen LogP contribution in [-0.4, -0.2) is 0 Å². The highest BCUT2D eigenvalue weighted by Crippen LogP contribution is 2.37. The van der Waals surface area contributed by atoms with E-state index in [4.69, 9.17) is 11.6 Å². The van der Waals surface area contributed by atoms with E-state index in [1.165, 1.54) is 12.1 Å². The zero-order valence-electron chi connectivity index (χ0n) is 9.34. The van der Waals surface area contributed by atoms with Crippen molar-refractivity contribution in [2.75, 3.05) is 0 Å². The highest BCUT2D eigenvalue weighted by molar-refractivity contribution is 6.17. The Hall–Kier alpha value is -1.48. The van der Waals surface area contributed by atoms with Crippen LogP contribution in [0, 0.1) is 0 Å². The van der Waals surface area contributed by atoms with E-state index in [9.17, 15) is 13.2 Å². The minimum Gasteiger partial charge on any atom is -0.166 e. The summed E-state index contributed by atoms with van der Waals surface area (Å²) in [6, 6.07) is 12.5. The Morgan fingerprint density at radius 1 is 0.944 bits per heavy atom. The van der Waals surface area contributed by atoms with Crippen LogP contribution in [0.25, 0.3) is 11.1 Å². The van der Waals surface area contributed by atoms with Gasteiger partial charge in [0.05, 0.1) is 5.56 Å². The van der Waals surface area contributed by atoms with E-state index in [-0.39, 0.29) is 11.4 Å². The predicted octanol–water partition coefficient (Wildman–Crippen LogP) is 5.11. The standard InChI is InChI=1S/C14H10ClF3/c15-9-10-6-7-13(14(16,17)18)12(8-10)11-4-2-1-3-5-11/h1-8H,9H2. The molecule has 0 nitrogen and oxygen atoms in total. The Kier molecular flexibility index (Phi) is 3.62. The zero-order chi connectivity index (χ0) is 13.2. The summed E-state index contributed by atoms with van der Waals surface area (Å²) in [7, 11) is 0. The highest BCUT2D eigenvalue weighted by Gasteiger charge is 2.33. The van der Waals surface area contributed by atoms with Crippen LogP contribution in [-0.2, 0) is 12.1 Å². The molecule has 2 rings (SSSR count). The van der Waals surface area contributed by atoms with Crippen molar-refractivity contribution < 1.29 is 13.2 Å². The fourth-order valence-corrected chi connectivity index (χ4v) is 1.94. The van der Waals surface area contributed by atoms with E-state index < -0.39 is 11.7 Å². The zero-order valence-corrected chi connectivity index (χ0v) is 10.1. The lowest BCUT2D eigenvalue weighted by atomic mass is 9.97. The van der Waals surface area contributed by atoms with Gasteiger partial charge in [-0.15, -0.1) is 11.6 Å². The van der Waals surface area contributed by atoms with Crippen molar-refractivity contribution in [1.82, 2.24) is 0 Å². The first-order valence-corrected chi connectivity index (χ1v) is 5.87. The molecule has 94 valence electrons. The second-order valence-corrected chi connectivity index (χ2v) is 4.14. The highest BCUT2D eigenvalue weighted by atomic mass is 35.5. The van der Waals surface area contributed by atoms with E-state index in [0.29, 0.717) is 11.1 Å². The molecule has 0 spiro atoms. The SMILES string of the molecule is FC(F)(F)c1ccc(CCl)cc1-c1ccccc1. The quantitative estimate of drug-likeness (QED) is 0.665. The Morgan fingerprint density at radius 3 is 2.17 bits per heavy atom. The van der Waals surface area contributed by atoms with Gasteiger partial charge in [-0.25, -0.2) is 0 Å². The first-order chi connectivity index (χ1) is 8.52. The van der Waals surface area contributed by atoms with Gasteiger partial charge < -0.3 is 0 Å². The molecule has 0 amide bonds. The molecule has 0 N–H and O–H groups in total. The second kappa shape index (κ2) is 5.02. The van der Waals surface area contributed by atoms with Crippen LogP contribution in [0.5, 0.6) is 0 Å². The van der Waals surface area contributed by atoms with Crippen LogP contribution < -0.4 is 0 Å². The van der Waals surface area contributed by atoms with Crippen LogP contribution in [0.15, 0.2) is 48.5 Å². The number of alkyl halides is 4. The summed E-state index contributed by atoms with van der Waals surface area (Å²) in [6.07, 6.45) is -4.37. The van der Waals surface area contributed by atoms with Gasteiger partial charge in [0.1, 0.15) is 0 Å². The first-order valence-electron chi connectivity index (χ1n) is 5.34. The van der Waals surface area contributed by atoms with Crippen LogP contribution in [0.1, 0.15) is 11.1 Å². The molecule has 0 aliphatic rings. The number of halogens is 4. The van der Waals surface area contributed by atoms with Crippen LogP contribution >= 0.6 is 11.6 Å². The Balaban J connectivity index is 2.62. The molecule has 0 saturated heterocycles.